The highest BCUT2D eigenvalue weighted by molar-refractivity contribution is 5.79. The summed E-state index contributed by atoms with van der Waals surface area (Å²) < 4.78 is 18.4. The fraction of sp³-hybridized carbons (Fsp3) is 0.300. The molecule has 0 saturated carbocycles. The number of hydrogen-bond acceptors (Lipinski definition) is 5. The summed E-state index contributed by atoms with van der Waals surface area (Å²) in [7, 11) is 1.71. The van der Waals surface area contributed by atoms with Crippen LogP contribution in [0.4, 0.5) is 4.39 Å². The summed E-state index contributed by atoms with van der Waals surface area (Å²) in [6.45, 7) is 3.21. The SMILES string of the molecule is CN=C(NCCc1noc(-c2ccccn2)n1)NCCc1ccc(F)cc1C. The molecule has 0 amide bonds. The monoisotopic (exact) mass is 382 g/mol. The summed E-state index contributed by atoms with van der Waals surface area (Å²) in [6.07, 6.45) is 3.06. The molecule has 1 aromatic carbocycles. The smallest absolute Gasteiger partial charge is 0.276 e. The van der Waals surface area contributed by atoms with Crippen LogP contribution in [0.1, 0.15) is 17.0 Å². The molecule has 0 atom stereocenters. The normalized spacial score (nSPS) is 11.5. The molecule has 0 aliphatic rings. The van der Waals surface area contributed by atoms with E-state index in [0.717, 1.165) is 17.5 Å². The lowest BCUT2D eigenvalue weighted by Gasteiger charge is -2.12. The van der Waals surface area contributed by atoms with Crippen molar-refractivity contribution < 1.29 is 8.91 Å². The van der Waals surface area contributed by atoms with Crippen LogP contribution in [0.2, 0.25) is 0 Å². The predicted octanol–water partition coefficient (Wildman–Crippen LogP) is 2.53. The molecule has 2 N–H and O–H groups in total. The minimum absolute atomic E-state index is 0.209. The number of benzene rings is 1. The van der Waals surface area contributed by atoms with Crippen LogP contribution in [0, 0.1) is 12.7 Å². The lowest BCUT2D eigenvalue weighted by atomic mass is 10.1. The first kappa shape index (κ1) is 19.5. The molecule has 0 aliphatic heterocycles. The molecule has 2 aromatic heterocycles. The van der Waals surface area contributed by atoms with E-state index in [9.17, 15) is 4.39 Å². The second-order valence-electron chi connectivity index (χ2n) is 6.23. The van der Waals surface area contributed by atoms with Gasteiger partial charge in [-0.1, -0.05) is 17.3 Å². The van der Waals surface area contributed by atoms with Crippen LogP contribution >= 0.6 is 0 Å². The number of halogens is 1. The van der Waals surface area contributed by atoms with Crippen molar-refractivity contribution >= 4 is 5.96 Å². The third kappa shape index (κ3) is 5.35. The van der Waals surface area contributed by atoms with Crippen molar-refractivity contribution in [3.63, 3.8) is 0 Å². The standard InChI is InChI=1S/C20H23FN6O/c1-14-13-16(21)7-6-15(14)8-11-24-20(22-2)25-12-9-18-26-19(28-27-18)17-5-3-4-10-23-17/h3-7,10,13H,8-9,11-12H2,1-2H3,(H2,22,24,25). The molecular formula is C20H23FN6O. The summed E-state index contributed by atoms with van der Waals surface area (Å²) >= 11 is 0. The quantitative estimate of drug-likeness (QED) is 0.482. The van der Waals surface area contributed by atoms with Crippen molar-refractivity contribution in [3.05, 3.63) is 65.4 Å². The Morgan fingerprint density at radius 1 is 1.14 bits per heavy atom. The summed E-state index contributed by atoms with van der Waals surface area (Å²) in [5, 5.41) is 10.4. The number of aromatic nitrogens is 3. The summed E-state index contributed by atoms with van der Waals surface area (Å²) in [6, 6.07) is 10.4. The lowest BCUT2D eigenvalue weighted by Crippen LogP contribution is -2.39. The lowest BCUT2D eigenvalue weighted by molar-refractivity contribution is 0.421. The van der Waals surface area contributed by atoms with Crippen molar-refractivity contribution in [2.45, 2.75) is 19.8 Å². The van der Waals surface area contributed by atoms with Gasteiger partial charge >= 0.3 is 0 Å². The second kappa shape index (κ2) is 9.59. The molecule has 0 spiro atoms. The van der Waals surface area contributed by atoms with Crippen LogP contribution in [0.3, 0.4) is 0 Å². The first-order valence-electron chi connectivity index (χ1n) is 9.09. The average Bonchev–Trinajstić information content (AvgIpc) is 3.18. The highest BCUT2D eigenvalue weighted by atomic mass is 19.1. The number of pyridine rings is 1. The maximum atomic E-state index is 13.2. The van der Waals surface area contributed by atoms with Crippen molar-refractivity contribution in [2.24, 2.45) is 4.99 Å². The molecule has 28 heavy (non-hydrogen) atoms. The largest absolute Gasteiger partial charge is 0.356 e. The molecule has 8 heteroatoms. The first-order valence-corrected chi connectivity index (χ1v) is 9.09. The minimum atomic E-state index is -0.209. The Balaban J connectivity index is 1.43. The molecule has 7 nitrogen and oxygen atoms in total. The van der Waals surface area contributed by atoms with Gasteiger partial charge in [0.1, 0.15) is 11.5 Å². The summed E-state index contributed by atoms with van der Waals surface area (Å²) in [5.74, 6) is 1.49. The molecule has 3 aromatic rings. The van der Waals surface area contributed by atoms with Crippen LogP contribution in [-0.2, 0) is 12.8 Å². The zero-order chi connectivity index (χ0) is 19.8. The summed E-state index contributed by atoms with van der Waals surface area (Å²) in [5.41, 5.74) is 2.71. The van der Waals surface area contributed by atoms with E-state index >= 15 is 0 Å². The number of aliphatic imine (C=N–C) groups is 1. The molecule has 3 rings (SSSR count). The number of guanidine groups is 1. The molecule has 0 fully saturated rings. The number of nitrogens with zero attached hydrogens (tertiary/aromatic N) is 4. The molecule has 2 heterocycles. The highest BCUT2D eigenvalue weighted by Crippen LogP contribution is 2.13. The van der Waals surface area contributed by atoms with Gasteiger partial charge in [0, 0.05) is 32.8 Å². The molecule has 0 unspecified atom stereocenters. The van der Waals surface area contributed by atoms with Crippen molar-refractivity contribution in [2.75, 3.05) is 20.1 Å². The van der Waals surface area contributed by atoms with Crippen LogP contribution < -0.4 is 10.6 Å². The maximum Gasteiger partial charge on any atom is 0.276 e. The molecule has 0 bridgehead atoms. The molecule has 0 aliphatic carbocycles. The van der Waals surface area contributed by atoms with Crippen molar-refractivity contribution in [1.82, 2.24) is 25.8 Å². The maximum absolute atomic E-state index is 13.2. The Kier molecular flexibility index (Phi) is 6.67. The number of hydrogen-bond donors (Lipinski definition) is 2. The van der Waals surface area contributed by atoms with Crippen LogP contribution in [-0.4, -0.2) is 41.2 Å². The van der Waals surface area contributed by atoms with Gasteiger partial charge in [0.2, 0.25) is 0 Å². The van der Waals surface area contributed by atoms with E-state index in [1.165, 1.54) is 6.07 Å². The van der Waals surface area contributed by atoms with E-state index in [1.807, 2.05) is 31.2 Å². The first-order chi connectivity index (χ1) is 13.7. The minimum Gasteiger partial charge on any atom is -0.356 e. The van der Waals surface area contributed by atoms with Gasteiger partial charge in [-0.05, 0) is 48.7 Å². The fourth-order valence-corrected chi connectivity index (χ4v) is 2.72. The highest BCUT2D eigenvalue weighted by Gasteiger charge is 2.09. The van der Waals surface area contributed by atoms with Gasteiger partial charge in [-0.3, -0.25) is 9.98 Å². The Hall–Kier alpha value is -3.29. The zero-order valence-electron chi connectivity index (χ0n) is 15.9. The number of aryl methyl sites for hydroxylation is 1. The average molecular weight is 382 g/mol. The molecular weight excluding hydrogens is 359 g/mol. The zero-order valence-corrected chi connectivity index (χ0v) is 15.9. The topological polar surface area (TPSA) is 88.2 Å². The Bertz CT molecular complexity index is 925. The van der Waals surface area contributed by atoms with E-state index in [4.69, 9.17) is 4.52 Å². The molecule has 0 radical (unpaired) electrons. The van der Waals surface area contributed by atoms with Gasteiger partial charge in [-0.25, -0.2) is 4.39 Å². The van der Waals surface area contributed by atoms with Gasteiger partial charge < -0.3 is 15.2 Å². The van der Waals surface area contributed by atoms with Gasteiger partial charge in [-0.15, -0.1) is 0 Å². The molecule has 0 saturated heterocycles. The van der Waals surface area contributed by atoms with E-state index in [1.54, 1.807) is 19.3 Å². The van der Waals surface area contributed by atoms with E-state index in [0.29, 0.717) is 42.9 Å². The van der Waals surface area contributed by atoms with Crippen molar-refractivity contribution in [3.8, 4) is 11.6 Å². The van der Waals surface area contributed by atoms with Gasteiger partial charge in [0.05, 0.1) is 0 Å². The van der Waals surface area contributed by atoms with Crippen LogP contribution in [0.25, 0.3) is 11.6 Å². The van der Waals surface area contributed by atoms with E-state index in [-0.39, 0.29) is 5.82 Å². The van der Waals surface area contributed by atoms with Crippen LogP contribution in [0.15, 0.2) is 52.1 Å². The van der Waals surface area contributed by atoms with E-state index < -0.39 is 0 Å². The third-order valence-electron chi connectivity index (χ3n) is 4.21. The predicted molar refractivity (Wildman–Crippen MR) is 105 cm³/mol. The van der Waals surface area contributed by atoms with Gasteiger partial charge in [-0.2, -0.15) is 4.98 Å². The number of nitrogens with one attached hydrogen (secondary N) is 2. The Morgan fingerprint density at radius 2 is 1.96 bits per heavy atom. The summed E-state index contributed by atoms with van der Waals surface area (Å²) in [4.78, 5) is 12.7. The Labute approximate surface area is 163 Å². The van der Waals surface area contributed by atoms with E-state index in [2.05, 4.69) is 30.8 Å². The Morgan fingerprint density at radius 3 is 2.68 bits per heavy atom. The number of rotatable bonds is 7. The fourth-order valence-electron chi connectivity index (χ4n) is 2.72. The van der Waals surface area contributed by atoms with Crippen molar-refractivity contribution in [1.29, 1.82) is 0 Å². The molecule has 146 valence electrons. The van der Waals surface area contributed by atoms with Gasteiger partial charge in [0.15, 0.2) is 11.8 Å². The van der Waals surface area contributed by atoms with Gasteiger partial charge in [0.25, 0.3) is 5.89 Å². The third-order valence-corrected chi connectivity index (χ3v) is 4.21. The second-order valence-corrected chi connectivity index (χ2v) is 6.23. The van der Waals surface area contributed by atoms with Crippen LogP contribution in [0.5, 0.6) is 0 Å².